The highest BCUT2D eigenvalue weighted by Crippen LogP contribution is 2.44. The van der Waals surface area contributed by atoms with E-state index in [0.717, 1.165) is 6.92 Å². The molecule has 0 aliphatic carbocycles. The molecule has 0 aromatic rings. The van der Waals surface area contributed by atoms with E-state index in [1.165, 1.54) is 0 Å². The Kier molecular flexibility index (Phi) is 41.9. The first-order valence-electron chi connectivity index (χ1n) is 43.0. The van der Waals surface area contributed by atoms with Gasteiger partial charge in [0.2, 0.25) is 41.6 Å². The average Bonchev–Trinajstić information content (AvgIpc) is 0.753. The first-order chi connectivity index (χ1) is 69.5. The summed E-state index contributed by atoms with van der Waals surface area (Å²) < 4.78 is 306. The molecule has 10 aliphatic rings. The summed E-state index contributed by atoms with van der Waals surface area (Å²) in [4.78, 5) is 131. The molecule has 0 aromatic heterocycles. The monoisotopic (exact) mass is 2300 g/mol. The summed E-state index contributed by atoms with van der Waals surface area (Å²) in [6, 6.07) is -12.3. The Bertz CT molecular complexity index is 5340. The molecule has 10 heterocycles. The molecule has 31 N–H and O–H groups in total. The number of aliphatic hydroxyl groups excluding tert-OH is 16. The Morgan fingerprint density at radius 3 is 0.647 bits per heavy atom. The maximum atomic E-state index is 13.6. The summed E-state index contributed by atoms with van der Waals surface area (Å²) in [6.07, 6.45) is -117. The van der Waals surface area contributed by atoms with Crippen LogP contribution in [0.1, 0.15) is 34.6 Å². The zero-order valence-electron chi connectivity index (χ0n) is 76.5. The number of rotatable bonds is 43. The highest BCUT2D eigenvalue weighted by atomic mass is 32.3. The third kappa shape index (κ3) is 30.4. The van der Waals surface area contributed by atoms with Gasteiger partial charge in [0.25, 0.3) is 0 Å². The molecule has 10 rings (SSSR count). The Balaban J connectivity index is 0.929. The number of hydrogen-bond acceptors (Lipinski definition) is 60. The molecule has 0 spiro atoms. The summed E-state index contributed by atoms with van der Waals surface area (Å²) in [5, 5.41) is 244. The minimum absolute atomic E-state index is 0.439. The number of carboxylic acids is 5. The van der Waals surface area contributed by atoms with E-state index in [-0.39, 0.29) is 0 Å². The molecule has 860 valence electrons. The number of aliphatic carboxylic acids is 5. The predicted molar refractivity (Wildman–Crippen MR) is 441 cm³/mol. The van der Waals surface area contributed by atoms with Crippen molar-refractivity contribution < 1.29 is 331 Å². The highest BCUT2D eigenvalue weighted by molar-refractivity contribution is 7.81. The minimum Gasteiger partial charge on any atom is -0.479 e. The van der Waals surface area contributed by atoms with Crippen LogP contribution in [0.5, 0.6) is 0 Å². The van der Waals surface area contributed by atoms with Gasteiger partial charge >= 0.3 is 81.8 Å². The second-order valence-corrected chi connectivity index (χ2v) is 39.2. The summed E-state index contributed by atoms with van der Waals surface area (Å²) in [5.41, 5.74) is 0. The van der Waals surface area contributed by atoms with Gasteiger partial charge in [-0.3, -0.25) is 46.7 Å². The van der Waals surface area contributed by atoms with Gasteiger partial charge in [-0.1, -0.05) is 0 Å². The number of carbonyl (C=O) groups is 10. The number of amides is 5. The fourth-order valence-electron chi connectivity index (χ4n) is 17.2. The zero-order valence-corrected chi connectivity index (χ0v) is 80.5. The van der Waals surface area contributed by atoms with Crippen LogP contribution >= 0.6 is 0 Å². The van der Waals surface area contributed by atoms with E-state index in [0.29, 0.717) is 33.8 Å². The van der Waals surface area contributed by atoms with E-state index in [1.54, 1.807) is 0 Å². The second kappa shape index (κ2) is 50.6. The molecule has 5 amide bonds. The van der Waals surface area contributed by atoms with Gasteiger partial charge in [-0.05, 0) is 6.08 Å². The normalized spacial score (nSPS) is 41.9. The van der Waals surface area contributed by atoms with Crippen molar-refractivity contribution in [2.45, 2.75) is 329 Å². The van der Waals surface area contributed by atoms with Crippen LogP contribution in [0.15, 0.2) is 11.8 Å². The minimum atomic E-state index is -6.09. The fourth-order valence-corrected chi connectivity index (χ4v) is 19.8. The number of ether oxygens (including phenoxy) is 19. The molecule has 0 aromatic carbocycles. The van der Waals surface area contributed by atoms with Gasteiger partial charge in [-0.2, -0.15) is 42.1 Å². The smallest absolute Gasteiger partial charge is 0.397 e. The summed E-state index contributed by atoms with van der Waals surface area (Å²) >= 11 is 0. The Morgan fingerprint density at radius 2 is 0.453 bits per heavy atom. The first kappa shape index (κ1) is 124. The van der Waals surface area contributed by atoms with Gasteiger partial charge in [0, 0.05) is 34.6 Å². The number of nitrogens with one attached hydrogen (secondary N) is 5. The van der Waals surface area contributed by atoms with Gasteiger partial charge in [0.15, 0.2) is 81.0 Å². The lowest BCUT2D eigenvalue weighted by molar-refractivity contribution is -0.380. The molecule has 80 heteroatoms. The molecule has 0 bridgehead atoms. The van der Waals surface area contributed by atoms with E-state index >= 15 is 0 Å². The summed E-state index contributed by atoms with van der Waals surface area (Å²) in [6.45, 7) is -4.43. The topological polar surface area (TPSA) is 1150 Å². The van der Waals surface area contributed by atoms with Crippen LogP contribution < -0.4 is 26.6 Å². The van der Waals surface area contributed by atoms with Crippen LogP contribution in [0, 0.1) is 0 Å². The van der Waals surface area contributed by atoms with Gasteiger partial charge in [-0.25, -0.2) is 44.9 Å². The first-order valence-corrected chi connectivity index (χ1v) is 49.9. The van der Waals surface area contributed by atoms with Crippen molar-refractivity contribution >= 4 is 111 Å². The molecule has 9 saturated heterocycles. The third-order valence-corrected chi connectivity index (χ3v) is 25.7. The number of carboxylic acid groups (broad SMARTS) is 5. The van der Waals surface area contributed by atoms with Crippen molar-refractivity contribution in [1.82, 2.24) is 26.6 Å². The molecule has 75 nitrogen and oxygen atoms in total. The van der Waals surface area contributed by atoms with E-state index in [2.05, 4.69) is 13.7 Å². The molecular weight excluding hydrogens is 2190 g/mol. The molecule has 0 radical (unpaired) electrons. The lowest BCUT2D eigenvalue weighted by atomic mass is 9.93. The van der Waals surface area contributed by atoms with Gasteiger partial charge in [0.1, 0.15) is 207 Å². The molecule has 48 atom stereocenters. The van der Waals surface area contributed by atoms with Gasteiger partial charge in [-0.15, -0.1) is 0 Å². The van der Waals surface area contributed by atoms with E-state index in [4.69, 9.17) is 103 Å². The van der Waals surface area contributed by atoms with Crippen molar-refractivity contribution in [3.63, 3.8) is 0 Å². The van der Waals surface area contributed by atoms with Crippen LogP contribution in [0.3, 0.4) is 0 Å². The maximum absolute atomic E-state index is 13.6. The van der Waals surface area contributed by atoms with E-state index in [1.807, 2.05) is 21.3 Å². The maximum Gasteiger partial charge on any atom is 0.397 e. The van der Waals surface area contributed by atoms with Gasteiger partial charge in [0.05, 0.1) is 33.0 Å². The summed E-state index contributed by atoms with van der Waals surface area (Å²) in [7, 11) is -29.7. The second-order valence-electron chi connectivity index (χ2n) is 33.9. The largest absolute Gasteiger partial charge is 0.479 e. The molecule has 10 aliphatic heterocycles. The lowest BCUT2D eigenvalue weighted by Gasteiger charge is -2.51. The molecule has 1 unspecified atom stereocenters. The Labute approximate surface area is 839 Å². The molecule has 9 fully saturated rings. The zero-order chi connectivity index (χ0) is 112. The average molecular weight is 2300 g/mol. The standard InChI is InChI=1S/C70H105N5O70S5/c1-12(81)71-24-43(38(141-146(107,108)109)19(7-76)122-61(24)106)128-67-34(92)30(88)48(52(137-67)57(98)99)134-63-26(73-14(3)83)45(40(21(9-78)125-63)143-148(113,114)115)130-69-36(94)32(90)50(54(139-69)59(102)103)136-65-28(75-16(5)85)47(42(23(11-80)127-65)145-150(119,120)121)132-70-37(95)33(91)51(55(140-70)60(104)105)135-64-27(74-15(4)84)46(41(22(10-79)126-64)144-149(116,117)118)131-68-35(93)31(89)49(53(138-68)58(100)101)133-62-25(72-13(2)82)44(39(20(8-77)124-62)142-147(110,111)112)129-66-29(87)17(86)6-18(123-66)56(96)97/h6,17,19-55,61-70,76-80,86-95,106H,7-11H2,1-5H3,(H,71,81)(H,72,82)(H,73,83)(H,74,84)(H,75,85)(H,96,97)(H,98,99)(H,100,101)(H,102,103)(H,104,105)(H,107,108,109)(H,110,111,112)(H,113,114,115)(H,116,117,118)(H,119,120,121)/t17-,19+,20+,21+,22+,23+,24+,25+,26+,27+,28+,29+,30+,31+,32+,33+,34+,35+,36+,37+,38-,39-,40-,41-,42-,43+,44+,45+,46+,47+,48-,49-,50-,51-,52+,53+,54+,55+,61?,62-,63-,64-,65-,66-,67+,68+,69+,70+/m0/s1. The number of carbonyl (C=O) groups excluding carboxylic acids is 5. The van der Waals surface area contributed by atoms with Crippen LogP contribution in [-0.2, 0) is 211 Å². The van der Waals surface area contributed by atoms with Crippen LogP contribution in [0.2, 0.25) is 0 Å². The number of hydrogen-bond donors (Lipinski definition) is 31. The highest BCUT2D eigenvalue weighted by Gasteiger charge is 2.66. The number of aliphatic hydroxyl groups is 16. The van der Waals surface area contributed by atoms with Crippen molar-refractivity contribution in [1.29, 1.82) is 0 Å². The molecule has 150 heavy (non-hydrogen) atoms. The van der Waals surface area contributed by atoms with Crippen LogP contribution in [0.4, 0.5) is 0 Å². The van der Waals surface area contributed by atoms with Crippen molar-refractivity contribution in [2.75, 3.05) is 33.0 Å². The van der Waals surface area contributed by atoms with E-state index < -0.39 is 445 Å². The van der Waals surface area contributed by atoms with Crippen LogP contribution in [-0.4, -0.2) is 559 Å². The third-order valence-electron chi connectivity index (χ3n) is 23.3. The predicted octanol–water partition coefficient (Wildman–Crippen LogP) is -21.3. The van der Waals surface area contributed by atoms with Crippen molar-refractivity contribution in [3.05, 3.63) is 11.8 Å². The SMILES string of the molecule is CC(=O)N[C@H]1[C@H](O[C@H]2[C@H](O)[C@@H](O)[C@H](O[C@@H]3[C@@H](NC(C)=O)[C@H](O[C@H]4[C@H](O)[C@@H](O)[C@H](O[C@H]5[C@@H](OS(=O)(=O)O)[C@@H](CO)OC(O)[C@@H]5NC(C)=O)O[C@H]4C(=O)O)O[C@H](CO)[C@@H]3OS(=O)(=O)O)O[C@H]2C(=O)O)O[C@H](CO)[C@H](OS(=O)(=O)O)[C@@H]1O[C@@H]1O[C@@H](C(=O)O)[C@@H](O[C@@H]2O[C@H](CO)[C@H](OS(=O)(=O)O)[C@H](O[C@@H]3O[C@@H](C(=O)O)[C@@H](O[C@@H]4O[C@H](CO)[C@H](OS(=O)(=O)O)[C@H](O[C@@H]5OC(C(=O)O)=C[C@H](O)[C@H]5O)[C@H]4NC(C)=O)[C@H](O)[C@H]3O)[C@H]2NC(C)=O)[C@H](O)[C@H]1O. The fraction of sp³-hybridized carbons (Fsp3) is 0.829. The Morgan fingerprint density at radius 1 is 0.260 bits per heavy atom. The quantitative estimate of drug-likeness (QED) is 0.0252. The van der Waals surface area contributed by atoms with Gasteiger partial charge < -0.3 is 224 Å². The van der Waals surface area contributed by atoms with Crippen LogP contribution in [0.25, 0.3) is 0 Å². The van der Waals surface area contributed by atoms with Crippen molar-refractivity contribution in [2.24, 2.45) is 0 Å². The molecular formula is C70H105N5O70S5. The lowest BCUT2D eigenvalue weighted by Crippen LogP contribution is -2.72. The summed E-state index contributed by atoms with van der Waals surface area (Å²) in [5.74, 6) is -19.0. The van der Waals surface area contributed by atoms with Crippen molar-refractivity contribution in [3.8, 4) is 0 Å². The molecule has 0 saturated carbocycles. The Hall–Kier alpha value is -7.77. The van der Waals surface area contributed by atoms with E-state index in [9.17, 15) is 220 Å².